The Bertz CT molecular complexity index is 779. The molecule has 8 nitrogen and oxygen atoms in total. The molecule has 4 rings (SSSR count). The van der Waals surface area contributed by atoms with Gasteiger partial charge in [0.1, 0.15) is 11.5 Å². The third-order valence-corrected chi connectivity index (χ3v) is 4.40. The zero-order valence-electron chi connectivity index (χ0n) is 13.3. The van der Waals surface area contributed by atoms with E-state index in [2.05, 4.69) is 32.1 Å². The summed E-state index contributed by atoms with van der Waals surface area (Å²) < 4.78 is 7.39. The topological polar surface area (TPSA) is 88.9 Å². The van der Waals surface area contributed by atoms with Gasteiger partial charge in [0, 0.05) is 12.6 Å². The van der Waals surface area contributed by atoms with Crippen molar-refractivity contribution in [2.45, 2.75) is 38.8 Å². The number of rotatable bonds is 3. The molecule has 23 heavy (non-hydrogen) atoms. The van der Waals surface area contributed by atoms with Gasteiger partial charge in [0.05, 0.1) is 36.7 Å². The molecule has 2 aliphatic rings. The highest BCUT2D eigenvalue weighted by Gasteiger charge is 2.29. The van der Waals surface area contributed by atoms with E-state index in [1.807, 2.05) is 17.7 Å². The van der Waals surface area contributed by atoms with E-state index in [0.29, 0.717) is 25.1 Å². The molecule has 2 aromatic rings. The van der Waals surface area contributed by atoms with E-state index in [-0.39, 0.29) is 11.7 Å². The van der Waals surface area contributed by atoms with Crippen LogP contribution in [0.5, 0.6) is 0 Å². The van der Waals surface area contributed by atoms with Crippen LogP contribution in [-0.2, 0) is 4.74 Å². The fourth-order valence-corrected chi connectivity index (χ4v) is 3.05. The number of nitrogens with one attached hydrogen (secondary N) is 1. The summed E-state index contributed by atoms with van der Waals surface area (Å²) in [7, 11) is 0. The summed E-state index contributed by atoms with van der Waals surface area (Å²) in [6.07, 6.45) is 2.22. The molecule has 2 fully saturated rings. The number of aromatic nitrogens is 5. The Morgan fingerprint density at radius 1 is 1.39 bits per heavy atom. The van der Waals surface area contributed by atoms with Crippen LogP contribution in [0.1, 0.15) is 31.5 Å². The lowest BCUT2D eigenvalue weighted by molar-refractivity contribution is 0.0985. The number of ether oxygens (including phenoxy) is 1. The van der Waals surface area contributed by atoms with Crippen LogP contribution in [0, 0.1) is 6.92 Å². The third kappa shape index (κ3) is 2.63. The Hall–Kier alpha value is -2.22. The van der Waals surface area contributed by atoms with Crippen LogP contribution in [0.25, 0.3) is 11.4 Å². The first-order valence-corrected chi connectivity index (χ1v) is 8.01. The van der Waals surface area contributed by atoms with Gasteiger partial charge in [-0.3, -0.25) is 0 Å². The maximum Gasteiger partial charge on any atom is 0.347 e. The van der Waals surface area contributed by atoms with Crippen molar-refractivity contribution in [1.82, 2.24) is 25.0 Å². The SMILES string of the molecule is Cc1nnn(C2CC2)c1-c1cc(N2CCOC[C@H]2C)nc(=O)[nH]1. The van der Waals surface area contributed by atoms with Crippen LogP contribution in [0.2, 0.25) is 0 Å². The number of hydrogen-bond donors (Lipinski definition) is 1. The fraction of sp³-hybridized carbons (Fsp3) is 0.600. The molecule has 1 aliphatic carbocycles. The molecule has 0 aromatic carbocycles. The van der Waals surface area contributed by atoms with Gasteiger partial charge in [0.15, 0.2) is 0 Å². The number of aromatic amines is 1. The number of aryl methyl sites for hydroxylation is 1. The lowest BCUT2D eigenvalue weighted by Gasteiger charge is -2.34. The van der Waals surface area contributed by atoms with Crippen molar-refractivity contribution in [3.8, 4) is 11.4 Å². The van der Waals surface area contributed by atoms with Crippen molar-refractivity contribution in [3.63, 3.8) is 0 Å². The van der Waals surface area contributed by atoms with Gasteiger partial charge in [-0.25, -0.2) is 9.48 Å². The van der Waals surface area contributed by atoms with E-state index in [0.717, 1.165) is 36.5 Å². The lowest BCUT2D eigenvalue weighted by Crippen LogP contribution is -2.44. The molecule has 8 heteroatoms. The average Bonchev–Trinajstić information content (AvgIpc) is 3.29. The van der Waals surface area contributed by atoms with Crippen molar-refractivity contribution < 1.29 is 4.74 Å². The molecule has 1 saturated heterocycles. The Kier molecular flexibility index (Phi) is 3.41. The van der Waals surface area contributed by atoms with E-state index in [1.54, 1.807) is 0 Å². The largest absolute Gasteiger partial charge is 0.377 e. The summed E-state index contributed by atoms with van der Waals surface area (Å²) in [4.78, 5) is 21.2. The van der Waals surface area contributed by atoms with Crippen LogP contribution in [-0.4, -0.2) is 50.8 Å². The summed E-state index contributed by atoms with van der Waals surface area (Å²) in [6.45, 7) is 6.01. The van der Waals surface area contributed by atoms with Gasteiger partial charge in [-0.15, -0.1) is 5.10 Å². The molecule has 0 unspecified atom stereocenters. The molecule has 1 aliphatic heterocycles. The molecule has 1 N–H and O–H groups in total. The van der Waals surface area contributed by atoms with E-state index < -0.39 is 0 Å². The second-order valence-corrected chi connectivity index (χ2v) is 6.27. The van der Waals surface area contributed by atoms with Gasteiger partial charge in [-0.1, -0.05) is 5.21 Å². The highest BCUT2D eigenvalue weighted by Crippen LogP contribution is 2.38. The zero-order chi connectivity index (χ0) is 16.0. The molecule has 0 bridgehead atoms. The van der Waals surface area contributed by atoms with Gasteiger partial charge in [0.2, 0.25) is 0 Å². The quantitative estimate of drug-likeness (QED) is 0.905. The Morgan fingerprint density at radius 3 is 2.96 bits per heavy atom. The molecule has 2 aromatic heterocycles. The van der Waals surface area contributed by atoms with E-state index >= 15 is 0 Å². The van der Waals surface area contributed by atoms with E-state index in [9.17, 15) is 4.79 Å². The van der Waals surface area contributed by atoms with Crippen molar-refractivity contribution in [2.75, 3.05) is 24.7 Å². The second-order valence-electron chi connectivity index (χ2n) is 6.27. The molecule has 3 heterocycles. The number of anilines is 1. The number of nitrogens with zero attached hydrogens (tertiary/aromatic N) is 5. The smallest absolute Gasteiger partial charge is 0.347 e. The first kappa shape index (κ1) is 14.4. The third-order valence-electron chi connectivity index (χ3n) is 4.40. The molecular formula is C15H20N6O2. The van der Waals surface area contributed by atoms with Crippen molar-refractivity contribution in [1.29, 1.82) is 0 Å². The van der Waals surface area contributed by atoms with Crippen LogP contribution >= 0.6 is 0 Å². The monoisotopic (exact) mass is 316 g/mol. The molecule has 0 amide bonds. The first-order valence-electron chi connectivity index (χ1n) is 8.01. The standard InChI is InChI=1S/C15H20N6O2/c1-9-8-23-6-5-20(9)13-7-12(16-15(22)17-13)14-10(2)18-19-21(14)11-3-4-11/h7,9,11H,3-6,8H2,1-2H3,(H,16,17,22)/t9-/m1/s1. The summed E-state index contributed by atoms with van der Waals surface area (Å²) in [6, 6.07) is 2.51. The molecule has 1 atom stereocenters. The van der Waals surface area contributed by atoms with Crippen molar-refractivity contribution in [3.05, 3.63) is 22.2 Å². The van der Waals surface area contributed by atoms with Gasteiger partial charge >= 0.3 is 5.69 Å². The van der Waals surface area contributed by atoms with Gasteiger partial charge < -0.3 is 14.6 Å². The normalized spacial score (nSPS) is 21.7. The summed E-state index contributed by atoms with van der Waals surface area (Å²) >= 11 is 0. The molecule has 1 saturated carbocycles. The minimum atomic E-state index is -0.348. The first-order chi connectivity index (χ1) is 11.1. The maximum atomic E-state index is 12.1. The molecule has 0 spiro atoms. The fourth-order valence-electron chi connectivity index (χ4n) is 3.05. The number of morpholine rings is 1. The summed E-state index contributed by atoms with van der Waals surface area (Å²) in [5.41, 5.74) is 2.08. The van der Waals surface area contributed by atoms with E-state index in [1.165, 1.54) is 0 Å². The minimum absolute atomic E-state index is 0.193. The van der Waals surface area contributed by atoms with Crippen LogP contribution in [0.4, 0.5) is 5.82 Å². The predicted molar refractivity (Wildman–Crippen MR) is 84.5 cm³/mol. The highest BCUT2D eigenvalue weighted by molar-refractivity contribution is 5.61. The number of hydrogen-bond acceptors (Lipinski definition) is 6. The molecular weight excluding hydrogens is 296 g/mol. The Morgan fingerprint density at radius 2 is 2.22 bits per heavy atom. The maximum absolute atomic E-state index is 12.1. The average molecular weight is 316 g/mol. The predicted octanol–water partition coefficient (Wildman–Crippen LogP) is 0.897. The zero-order valence-corrected chi connectivity index (χ0v) is 13.3. The van der Waals surface area contributed by atoms with Gasteiger partial charge in [-0.2, -0.15) is 4.98 Å². The van der Waals surface area contributed by atoms with Crippen LogP contribution in [0.15, 0.2) is 10.9 Å². The Balaban J connectivity index is 1.78. The van der Waals surface area contributed by atoms with Gasteiger partial charge in [-0.05, 0) is 26.7 Å². The van der Waals surface area contributed by atoms with Crippen molar-refractivity contribution >= 4 is 5.82 Å². The van der Waals surface area contributed by atoms with Crippen molar-refractivity contribution in [2.24, 2.45) is 0 Å². The molecule has 0 radical (unpaired) electrons. The highest BCUT2D eigenvalue weighted by atomic mass is 16.5. The van der Waals surface area contributed by atoms with E-state index in [4.69, 9.17) is 4.74 Å². The summed E-state index contributed by atoms with van der Waals surface area (Å²) in [5, 5.41) is 8.41. The summed E-state index contributed by atoms with van der Waals surface area (Å²) in [5.74, 6) is 0.683. The molecule has 122 valence electrons. The van der Waals surface area contributed by atoms with Crippen LogP contribution in [0.3, 0.4) is 0 Å². The van der Waals surface area contributed by atoms with Crippen LogP contribution < -0.4 is 10.6 Å². The van der Waals surface area contributed by atoms with Gasteiger partial charge in [0.25, 0.3) is 0 Å². The second kappa shape index (κ2) is 5.45. The number of H-pyrrole nitrogens is 1. The lowest BCUT2D eigenvalue weighted by atomic mass is 10.2. The minimum Gasteiger partial charge on any atom is -0.377 e. The Labute approximate surface area is 133 Å².